The molecule has 0 saturated carbocycles. The first kappa shape index (κ1) is 14.5. The molecule has 17 heavy (non-hydrogen) atoms. The maximum atomic E-state index is 11.5. The molecule has 1 rings (SSSR count). The van der Waals surface area contributed by atoms with Gasteiger partial charge in [-0.2, -0.15) is 0 Å². The molecule has 1 amide bonds. The Labute approximate surface area is 114 Å². The number of amides is 1. The van der Waals surface area contributed by atoms with Crippen LogP contribution in [0.15, 0.2) is 35.2 Å². The van der Waals surface area contributed by atoms with Crippen LogP contribution in [0.3, 0.4) is 0 Å². The molecule has 0 aliphatic heterocycles. The fraction of sp³-hybridized carbons (Fsp3) is 0.417. The van der Waals surface area contributed by atoms with Gasteiger partial charge in [-0.25, -0.2) is 0 Å². The van der Waals surface area contributed by atoms with Crippen LogP contribution < -0.4 is 5.32 Å². The van der Waals surface area contributed by atoms with E-state index in [2.05, 4.69) is 21.2 Å². The van der Waals surface area contributed by atoms with Crippen LogP contribution in [-0.2, 0) is 9.53 Å². The van der Waals surface area contributed by atoms with Gasteiger partial charge in [-0.3, -0.25) is 4.79 Å². The Morgan fingerprint density at radius 1 is 1.29 bits per heavy atom. The summed E-state index contributed by atoms with van der Waals surface area (Å²) in [7, 11) is 0. The van der Waals surface area contributed by atoms with Crippen molar-refractivity contribution in [2.24, 2.45) is 0 Å². The van der Waals surface area contributed by atoms with Crippen molar-refractivity contribution in [3.63, 3.8) is 0 Å². The van der Waals surface area contributed by atoms with E-state index < -0.39 is 0 Å². The molecule has 3 nitrogen and oxygen atoms in total. The van der Waals surface area contributed by atoms with Gasteiger partial charge in [-0.05, 0) is 12.1 Å². The summed E-state index contributed by atoms with van der Waals surface area (Å²) in [5.74, 6) is 0.490. The first-order chi connectivity index (χ1) is 8.33. The molecule has 0 unspecified atom stereocenters. The Kier molecular flexibility index (Phi) is 8.13. The lowest BCUT2D eigenvalue weighted by Gasteiger charge is -2.05. The van der Waals surface area contributed by atoms with Crippen molar-refractivity contribution in [1.29, 1.82) is 0 Å². The van der Waals surface area contributed by atoms with Crippen molar-refractivity contribution in [2.75, 3.05) is 30.8 Å². The average Bonchev–Trinajstić information content (AvgIpc) is 2.37. The van der Waals surface area contributed by atoms with Crippen molar-refractivity contribution in [3.8, 4) is 0 Å². The summed E-state index contributed by atoms with van der Waals surface area (Å²) in [6, 6.07) is 9.89. The number of halogens is 1. The summed E-state index contributed by atoms with van der Waals surface area (Å²) < 4.78 is 5.23. The molecule has 0 aliphatic rings. The molecule has 0 spiro atoms. The minimum absolute atomic E-state index is 0.0429. The Morgan fingerprint density at radius 2 is 2.06 bits per heavy atom. The molecular formula is C12H16BrNO2S. The predicted molar refractivity (Wildman–Crippen MR) is 74.8 cm³/mol. The van der Waals surface area contributed by atoms with E-state index in [9.17, 15) is 4.79 Å². The van der Waals surface area contributed by atoms with Crippen LogP contribution in [-0.4, -0.2) is 36.7 Å². The lowest BCUT2D eigenvalue weighted by Crippen LogP contribution is -2.28. The number of carbonyl (C=O) groups is 1. The van der Waals surface area contributed by atoms with Crippen molar-refractivity contribution in [3.05, 3.63) is 30.3 Å². The summed E-state index contributed by atoms with van der Waals surface area (Å²) in [6.45, 7) is 1.81. The highest BCUT2D eigenvalue weighted by molar-refractivity contribution is 9.09. The molecule has 0 heterocycles. The Bertz CT molecular complexity index is 322. The smallest absolute Gasteiger partial charge is 0.230 e. The maximum Gasteiger partial charge on any atom is 0.230 e. The average molecular weight is 318 g/mol. The van der Waals surface area contributed by atoms with Gasteiger partial charge in [0.2, 0.25) is 5.91 Å². The third-order valence-electron chi connectivity index (χ3n) is 1.90. The van der Waals surface area contributed by atoms with E-state index in [1.54, 1.807) is 0 Å². The monoisotopic (exact) mass is 317 g/mol. The topological polar surface area (TPSA) is 38.3 Å². The molecule has 0 aromatic heterocycles. The third-order valence-corrected chi connectivity index (χ3v) is 3.24. The molecule has 0 saturated heterocycles. The van der Waals surface area contributed by atoms with Crippen LogP contribution >= 0.6 is 27.7 Å². The van der Waals surface area contributed by atoms with Gasteiger partial charge in [0.05, 0.1) is 19.0 Å². The second kappa shape index (κ2) is 9.50. The Morgan fingerprint density at radius 3 is 2.76 bits per heavy atom. The molecule has 0 bridgehead atoms. The first-order valence-electron chi connectivity index (χ1n) is 5.41. The van der Waals surface area contributed by atoms with Crippen LogP contribution in [0.2, 0.25) is 0 Å². The Hall–Kier alpha value is -0.520. The fourth-order valence-corrected chi connectivity index (χ4v) is 2.11. The Balaban J connectivity index is 2.05. The van der Waals surface area contributed by atoms with Crippen LogP contribution in [0.5, 0.6) is 0 Å². The number of alkyl halides is 1. The van der Waals surface area contributed by atoms with E-state index in [0.717, 1.165) is 10.2 Å². The maximum absolute atomic E-state index is 11.5. The second-order valence-electron chi connectivity index (χ2n) is 3.25. The van der Waals surface area contributed by atoms with Crippen molar-refractivity contribution in [2.45, 2.75) is 4.90 Å². The highest BCUT2D eigenvalue weighted by atomic mass is 79.9. The van der Waals surface area contributed by atoms with Crippen molar-refractivity contribution < 1.29 is 9.53 Å². The van der Waals surface area contributed by atoms with E-state index in [-0.39, 0.29) is 5.91 Å². The summed E-state index contributed by atoms with van der Waals surface area (Å²) in [6.07, 6.45) is 0. The number of hydrogen-bond acceptors (Lipinski definition) is 3. The highest BCUT2D eigenvalue weighted by Gasteiger charge is 2.01. The van der Waals surface area contributed by atoms with E-state index in [1.807, 2.05) is 30.3 Å². The van der Waals surface area contributed by atoms with Crippen molar-refractivity contribution in [1.82, 2.24) is 5.32 Å². The molecule has 0 radical (unpaired) electrons. The molecule has 0 aliphatic carbocycles. The number of carbonyl (C=O) groups excluding carboxylic acids is 1. The summed E-state index contributed by atoms with van der Waals surface area (Å²) in [4.78, 5) is 12.6. The molecule has 1 aromatic carbocycles. The molecule has 1 aromatic rings. The van der Waals surface area contributed by atoms with Gasteiger partial charge in [0.15, 0.2) is 0 Å². The van der Waals surface area contributed by atoms with Gasteiger partial charge in [-0.15, -0.1) is 11.8 Å². The molecular weight excluding hydrogens is 302 g/mol. The van der Waals surface area contributed by atoms with Gasteiger partial charge >= 0.3 is 0 Å². The van der Waals surface area contributed by atoms with E-state index in [1.165, 1.54) is 11.8 Å². The zero-order valence-electron chi connectivity index (χ0n) is 9.52. The van der Waals surface area contributed by atoms with E-state index in [4.69, 9.17) is 4.74 Å². The second-order valence-corrected chi connectivity index (χ2v) is 5.09. The number of hydrogen-bond donors (Lipinski definition) is 1. The molecule has 0 atom stereocenters. The van der Waals surface area contributed by atoms with Crippen LogP contribution in [0.25, 0.3) is 0 Å². The number of rotatable bonds is 8. The van der Waals surface area contributed by atoms with E-state index in [0.29, 0.717) is 25.5 Å². The van der Waals surface area contributed by atoms with Gasteiger partial charge < -0.3 is 10.1 Å². The predicted octanol–water partition coefficient (Wildman–Crippen LogP) is 2.31. The molecule has 5 heteroatoms. The normalized spacial score (nSPS) is 10.2. The number of benzene rings is 1. The summed E-state index contributed by atoms with van der Waals surface area (Å²) >= 11 is 4.80. The lowest BCUT2D eigenvalue weighted by molar-refractivity contribution is -0.118. The highest BCUT2D eigenvalue weighted by Crippen LogP contribution is 2.15. The zero-order chi connectivity index (χ0) is 12.3. The SMILES string of the molecule is O=C(CSc1ccccc1)NCCOCCBr. The first-order valence-corrected chi connectivity index (χ1v) is 7.52. The third kappa shape index (κ3) is 7.41. The van der Waals surface area contributed by atoms with Gasteiger partial charge in [0.25, 0.3) is 0 Å². The van der Waals surface area contributed by atoms with E-state index >= 15 is 0 Å². The largest absolute Gasteiger partial charge is 0.379 e. The summed E-state index contributed by atoms with van der Waals surface area (Å²) in [5.41, 5.74) is 0. The van der Waals surface area contributed by atoms with Gasteiger partial charge in [-0.1, -0.05) is 34.1 Å². The zero-order valence-corrected chi connectivity index (χ0v) is 11.9. The van der Waals surface area contributed by atoms with Crippen LogP contribution in [0.1, 0.15) is 0 Å². The number of thioether (sulfide) groups is 1. The number of nitrogens with one attached hydrogen (secondary N) is 1. The fourth-order valence-electron chi connectivity index (χ4n) is 1.14. The van der Waals surface area contributed by atoms with Gasteiger partial charge in [0, 0.05) is 16.8 Å². The van der Waals surface area contributed by atoms with Gasteiger partial charge in [0.1, 0.15) is 0 Å². The quantitative estimate of drug-likeness (QED) is 0.454. The lowest BCUT2D eigenvalue weighted by atomic mass is 10.4. The summed E-state index contributed by atoms with van der Waals surface area (Å²) in [5, 5.41) is 3.64. The minimum atomic E-state index is 0.0429. The van der Waals surface area contributed by atoms with Crippen LogP contribution in [0.4, 0.5) is 0 Å². The molecule has 0 fully saturated rings. The van der Waals surface area contributed by atoms with Crippen LogP contribution in [0, 0.1) is 0 Å². The molecule has 94 valence electrons. The van der Waals surface area contributed by atoms with Crippen molar-refractivity contribution >= 4 is 33.6 Å². The molecule has 1 N–H and O–H groups in total. The standard InChI is InChI=1S/C12H16BrNO2S/c13-6-8-16-9-7-14-12(15)10-17-11-4-2-1-3-5-11/h1-5H,6-10H2,(H,14,15). The minimum Gasteiger partial charge on any atom is -0.379 e. The number of ether oxygens (including phenoxy) is 1.